The van der Waals surface area contributed by atoms with Gasteiger partial charge in [0.15, 0.2) is 0 Å². The highest BCUT2D eigenvalue weighted by Crippen LogP contribution is 2.23. The highest BCUT2D eigenvalue weighted by Gasteiger charge is 2.08. The van der Waals surface area contributed by atoms with Crippen LogP contribution < -0.4 is 0 Å². The first-order valence-electron chi connectivity index (χ1n) is 4.90. The predicted molar refractivity (Wildman–Crippen MR) is 58.4 cm³/mol. The standard InChI is InChI=1S/C12H14N2/c1-8(2)11-12-10(5-4-6-13-12)9(3)7-14-11/h4-8H,1-3H3. The van der Waals surface area contributed by atoms with E-state index >= 15 is 0 Å². The summed E-state index contributed by atoms with van der Waals surface area (Å²) in [4.78, 5) is 8.84. The molecule has 2 heteroatoms. The molecular formula is C12H14N2. The number of hydrogen-bond donors (Lipinski definition) is 0. The first-order valence-corrected chi connectivity index (χ1v) is 4.90. The molecule has 72 valence electrons. The average molecular weight is 186 g/mol. The first-order chi connectivity index (χ1) is 6.70. The molecule has 0 unspecified atom stereocenters. The monoisotopic (exact) mass is 186 g/mol. The number of aryl methyl sites for hydroxylation is 1. The Morgan fingerprint density at radius 3 is 2.71 bits per heavy atom. The van der Waals surface area contributed by atoms with Crippen LogP contribution in [0.15, 0.2) is 24.5 Å². The molecule has 0 aromatic carbocycles. The maximum Gasteiger partial charge on any atom is 0.0922 e. The Morgan fingerprint density at radius 1 is 1.21 bits per heavy atom. The van der Waals surface area contributed by atoms with Gasteiger partial charge in [0.05, 0.1) is 11.2 Å². The smallest absolute Gasteiger partial charge is 0.0922 e. The van der Waals surface area contributed by atoms with E-state index in [1.807, 2.05) is 18.5 Å². The summed E-state index contributed by atoms with van der Waals surface area (Å²) in [6, 6.07) is 4.07. The van der Waals surface area contributed by atoms with Crippen LogP contribution in [0, 0.1) is 6.92 Å². The van der Waals surface area contributed by atoms with Crippen molar-refractivity contribution in [2.24, 2.45) is 0 Å². The Morgan fingerprint density at radius 2 is 2.00 bits per heavy atom. The summed E-state index contributed by atoms with van der Waals surface area (Å²) in [5.41, 5.74) is 3.33. The average Bonchev–Trinajstić information content (AvgIpc) is 2.18. The third-order valence-electron chi connectivity index (χ3n) is 2.42. The van der Waals surface area contributed by atoms with Crippen LogP contribution in [0.3, 0.4) is 0 Å². The molecule has 0 bridgehead atoms. The Kier molecular flexibility index (Phi) is 2.20. The number of aromatic nitrogens is 2. The van der Waals surface area contributed by atoms with Gasteiger partial charge in [-0.15, -0.1) is 0 Å². The predicted octanol–water partition coefficient (Wildman–Crippen LogP) is 3.06. The highest BCUT2D eigenvalue weighted by molar-refractivity contribution is 5.83. The van der Waals surface area contributed by atoms with Gasteiger partial charge in [-0.25, -0.2) is 0 Å². The van der Waals surface area contributed by atoms with Gasteiger partial charge in [-0.05, 0) is 24.5 Å². The van der Waals surface area contributed by atoms with Crippen LogP contribution in [0.2, 0.25) is 0 Å². The van der Waals surface area contributed by atoms with Gasteiger partial charge in [0, 0.05) is 17.8 Å². The maximum atomic E-state index is 4.44. The number of hydrogen-bond acceptors (Lipinski definition) is 2. The minimum atomic E-state index is 0.424. The summed E-state index contributed by atoms with van der Waals surface area (Å²) in [5.74, 6) is 0.424. The molecule has 0 amide bonds. The van der Waals surface area contributed by atoms with Gasteiger partial charge in [-0.2, -0.15) is 0 Å². The molecule has 0 atom stereocenters. The summed E-state index contributed by atoms with van der Waals surface area (Å²) in [7, 11) is 0. The molecule has 0 saturated heterocycles. The lowest BCUT2D eigenvalue weighted by Gasteiger charge is -2.09. The third-order valence-corrected chi connectivity index (χ3v) is 2.42. The maximum absolute atomic E-state index is 4.44. The van der Waals surface area contributed by atoms with Crippen molar-refractivity contribution in [2.45, 2.75) is 26.7 Å². The van der Waals surface area contributed by atoms with Crippen molar-refractivity contribution in [3.8, 4) is 0 Å². The zero-order chi connectivity index (χ0) is 10.1. The van der Waals surface area contributed by atoms with Crippen molar-refractivity contribution < 1.29 is 0 Å². The van der Waals surface area contributed by atoms with Crippen molar-refractivity contribution in [1.29, 1.82) is 0 Å². The summed E-state index contributed by atoms with van der Waals surface area (Å²) in [5, 5.41) is 1.21. The second kappa shape index (κ2) is 3.37. The fraction of sp³-hybridized carbons (Fsp3) is 0.333. The molecule has 0 fully saturated rings. The summed E-state index contributed by atoms with van der Waals surface area (Å²) >= 11 is 0. The number of fused-ring (bicyclic) bond motifs is 1. The van der Waals surface area contributed by atoms with Crippen molar-refractivity contribution in [3.63, 3.8) is 0 Å². The van der Waals surface area contributed by atoms with Gasteiger partial charge in [0.25, 0.3) is 0 Å². The molecule has 14 heavy (non-hydrogen) atoms. The lowest BCUT2D eigenvalue weighted by atomic mass is 10.0. The second-order valence-corrected chi connectivity index (χ2v) is 3.88. The molecule has 0 aliphatic rings. The van der Waals surface area contributed by atoms with Crippen LogP contribution in [-0.2, 0) is 0 Å². The Hall–Kier alpha value is -1.44. The normalized spacial score (nSPS) is 11.1. The van der Waals surface area contributed by atoms with Gasteiger partial charge in [-0.3, -0.25) is 9.97 Å². The molecule has 2 aromatic rings. The molecule has 0 aliphatic heterocycles. The second-order valence-electron chi connectivity index (χ2n) is 3.88. The molecule has 2 nitrogen and oxygen atoms in total. The molecule has 0 aliphatic carbocycles. The number of rotatable bonds is 1. The van der Waals surface area contributed by atoms with Gasteiger partial charge < -0.3 is 0 Å². The van der Waals surface area contributed by atoms with E-state index in [2.05, 4.69) is 36.8 Å². The van der Waals surface area contributed by atoms with Crippen molar-refractivity contribution in [2.75, 3.05) is 0 Å². The zero-order valence-corrected chi connectivity index (χ0v) is 8.78. The Labute approximate surface area is 84.0 Å². The third kappa shape index (κ3) is 1.37. The van der Waals surface area contributed by atoms with Crippen LogP contribution in [0.25, 0.3) is 10.9 Å². The summed E-state index contributed by atoms with van der Waals surface area (Å²) < 4.78 is 0. The van der Waals surface area contributed by atoms with Crippen LogP contribution in [0.1, 0.15) is 31.0 Å². The molecular weight excluding hydrogens is 172 g/mol. The van der Waals surface area contributed by atoms with E-state index in [4.69, 9.17) is 0 Å². The van der Waals surface area contributed by atoms with Gasteiger partial charge in [-0.1, -0.05) is 19.9 Å². The van der Waals surface area contributed by atoms with Gasteiger partial charge in [0.2, 0.25) is 0 Å². The van der Waals surface area contributed by atoms with E-state index in [0.29, 0.717) is 5.92 Å². The zero-order valence-electron chi connectivity index (χ0n) is 8.78. The molecule has 0 spiro atoms. The number of nitrogens with zero attached hydrogens (tertiary/aromatic N) is 2. The van der Waals surface area contributed by atoms with Gasteiger partial charge >= 0.3 is 0 Å². The number of pyridine rings is 2. The van der Waals surface area contributed by atoms with E-state index in [1.165, 1.54) is 10.9 Å². The molecule has 2 rings (SSSR count). The summed E-state index contributed by atoms with van der Waals surface area (Å²) in [6.45, 7) is 6.36. The molecule has 2 aromatic heterocycles. The van der Waals surface area contributed by atoms with Crippen LogP contribution in [0.5, 0.6) is 0 Å². The van der Waals surface area contributed by atoms with Crippen LogP contribution in [-0.4, -0.2) is 9.97 Å². The lowest BCUT2D eigenvalue weighted by molar-refractivity contribution is 0.829. The van der Waals surface area contributed by atoms with E-state index in [9.17, 15) is 0 Å². The van der Waals surface area contributed by atoms with Gasteiger partial charge in [0.1, 0.15) is 0 Å². The van der Waals surface area contributed by atoms with E-state index < -0.39 is 0 Å². The molecule has 2 heterocycles. The van der Waals surface area contributed by atoms with E-state index in [-0.39, 0.29) is 0 Å². The SMILES string of the molecule is Cc1cnc(C(C)C)c2ncccc12. The Bertz CT molecular complexity index is 461. The summed E-state index contributed by atoms with van der Waals surface area (Å²) in [6.07, 6.45) is 3.76. The van der Waals surface area contributed by atoms with E-state index in [0.717, 1.165) is 11.2 Å². The fourth-order valence-electron chi connectivity index (χ4n) is 1.65. The van der Waals surface area contributed by atoms with Crippen LogP contribution >= 0.6 is 0 Å². The molecule has 0 radical (unpaired) electrons. The van der Waals surface area contributed by atoms with Crippen molar-refractivity contribution in [1.82, 2.24) is 9.97 Å². The molecule has 0 N–H and O–H groups in total. The van der Waals surface area contributed by atoms with Crippen molar-refractivity contribution >= 4 is 10.9 Å². The van der Waals surface area contributed by atoms with E-state index in [1.54, 1.807) is 0 Å². The molecule has 0 saturated carbocycles. The fourth-order valence-corrected chi connectivity index (χ4v) is 1.65. The van der Waals surface area contributed by atoms with Crippen molar-refractivity contribution in [3.05, 3.63) is 35.8 Å². The quantitative estimate of drug-likeness (QED) is 0.684. The first kappa shape index (κ1) is 9.13. The Balaban J connectivity index is 2.82. The highest BCUT2D eigenvalue weighted by atomic mass is 14.8. The minimum Gasteiger partial charge on any atom is -0.258 e. The minimum absolute atomic E-state index is 0.424. The van der Waals surface area contributed by atoms with Crippen LogP contribution in [0.4, 0.5) is 0 Å². The largest absolute Gasteiger partial charge is 0.258 e. The topological polar surface area (TPSA) is 25.8 Å². The lowest BCUT2D eigenvalue weighted by Crippen LogP contribution is -1.97.